The van der Waals surface area contributed by atoms with Crippen LogP contribution in [0.25, 0.3) is 0 Å². The predicted molar refractivity (Wildman–Crippen MR) is 106 cm³/mol. The van der Waals surface area contributed by atoms with E-state index in [2.05, 4.69) is 17.2 Å². The summed E-state index contributed by atoms with van der Waals surface area (Å²) in [6.07, 6.45) is 0. The molecule has 0 amide bonds. The van der Waals surface area contributed by atoms with Gasteiger partial charge in [-0.3, -0.25) is 0 Å². The zero-order chi connectivity index (χ0) is 12.9. The van der Waals surface area contributed by atoms with E-state index < -0.39 is 17.9 Å². The molecule has 0 aliphatic carbocycles. The zero-order valence-electron chi connectivity index (χ0n) is 11.6. The van der Waals surface area contributed by atoms with Gasteiger partial charge in [-0.05, 0) is 0 Å². The largest absolute Gasteiger partial charge is 3.00 e. The zero-order valence-corrected chi connectivity index (χ0v) is 19.3. The molecule has 0 bridgehead atoms. The first-order valence-electron chi connectivity index (χ1n) is 3.51. The molecule has 0 aliphatic heterocycles. The van der Waals surface area contributed by atoms with Crippen molar-refractivity contribution in [3.8, 4) is 0 Å². The van der Waals surface area contributed by atoms with Crippen LogP contribution in [0.15, 0.2) is 0 Å². The molecular weight excluding hydrogens is 521 g/mol. The first kappa shape index (κ1) is 84.8. The average molecular weight is 541 g/mol. The second kappa shape index (κ2) is 74.9. The van der Waals surface area contributed by atoms with Gasteiger partial charge in [0.15, 0.2) is 0 Å². The SMILES string of the molecule is Cl.Cl.Cl.Cl.Cl.Cl.Cl.Cl.NCC(=O)[O-].NCC(=O)[O-].NCC(=O)[O-].[Al+3]. The van der Waals surface area contributed by atoms with Gasteiger partial charge < -0.3 is 46.9 Å². The Morgan fingerprint density at radius 2 is 0.542 bits per heavy atom. The Balaban J connectivity index is -0.00000000758. The summed E-state index contributed by atoms with van der Waals surface area (Å²) in [7, 11) is 0. The first-order chi connectivity index (χ1) is 6.81. The van der Waals surface area contributed by atoms with Crippen molar-refractivity contribution >= 4 is 135 Å². The number of carbonyl (C=O) groups is 3. The Bertz CT molecular complexity index is 189. The molecule has 18 heteroatoms. The van der Waals surface area contributed by atoms with Gasteiger partial charge >= 0.3 is 17.4 Å². The maximum Gasteiger partial charge on any atom is 3.00 e. The number of halogens is 8. The van der Waals surface area contributed by atoms with Crippen LogP contribution in [-0.4, -0.2) is 54.9 Å². The number of hydrogen-bond donors (Lipinski definition) is 3. The number of carbonyl (C=O) groups excluding carboxylic acids is 3. The van der Waals surface area contributed by atoms with E-state index in [1.165, 1.54) is 0 Å². The standard InChI is InChI=1S/3C2H5NO2.Al.8ClH/c3*3-1-2(4)5;;;;;;;;;/h3*1,3H2,(H,4,5);;8*1H/q;;;+3;;;;;;;;/p-3. The van der Waals surface area contributed by atoms with Crippen molar-refractivity contribution in [2.45, 2.75) is 0 Å². The second-order valence-corrected chi connectivity index (χ2v) is 1.73. The molecule has 0 aromatic heterocycles. The predicted octanol–water partition coefficient (Wildman–Crippen LogP) is -3.92. The van der Waals surface area contributed by atoms with Gasteiger partial charge in [0.2, 0.25) is 0 Å². The summed E-state index contributed by atoms with van der Waals surface area (Å²) in [5, 5.41) is 27.4. The van der Waals surface area contributed by atoms with Crippen molar-refractivity contribution in [2.75, 3.05) is 19.6 Å². The number of hydrogen-bond acceptors (Lipinski definition) is 9. The second-order valence-electron chi connectivity index (χ2n) is 1.73. The van der Waals surface area contributed by atoms with Crippen molar-refractivity contribution in [3.63, 3.8) is 0 Å². The Morgan fingerprint density at radius 1 is 0.500 bits per heavy atom. The van der Waals surface area contributed by atoms with Crippen LogP contribution in [0.3, 0.4) is 0 Å². The minimum Gasteiger partial charge on any atom is -0.549 e. The van der Waals surface area contributed by atoms with Gasteiger partial charge in [0.25, 0.3) is 0 Å². The molecule has 0 radical (unpaired) electrons. The van der Waals surface area contributed by atoms with Crippen LogP contribution in [0.4, 0.5) is 0 Å². The minimum absolute atomic E-state index is 0. The van der Waals surface area contributed by atoms with E-state index in [4.69, 9.17) is 29.7 Å². The van der Waals surface area contributed by atoms with Crippen LogP contribution in [-0.2, 0) is 14.4 Å². The summed E-state index contributed by atoms with van der Waals surface area (Å²) >= 11 is 0. The molecule has 0 heterocycles. The molecule has 9 nitrogen and oxygen atoms in total. The Labute approximate surface area is 200 Å². The molecule has 0 unspecified atom stereocenters. The summed E-state index contributed by atoms with van der Waals surface area (Å²) < 4.78 is 0. The van der Waals surface area contributed by atoms with Crippen LogP contribution in [0.2, 0.25) is 0 Å². The first-order valence-corrected chi connectivity index (χ1v) is 3.51. The van der Waals surface area contributed by atoms with Crippen LogP contribution in [0.5, 0.6) is 0 Å². The molecule has 24 heavy (non-hydrogen) atoms. The Morgan fingerprint density at radius 3 is 0.542 bits per heavy atom. The maximum atomic E-state index is 9.13. The third-order valence-electron chi connectivity index (χ3n) is 0.500. The van der Waals surface area contributed by atoms with Gasteiger partial charge in [-0.25, -0.2) is 0 Å². The van der Waals surface area contributed by atoms with Gasteiger partial charge in [0.1, 0.15) is 0 Å². The van der Waals surface area contributed by atoms with Gasteiger partial charge in [-0.2, -0.15) is 0 Å². The summed E-state index contributed by atoms with van der Waals surface area (Å²) in [6.45, 7) is -1.17. The molecule has 0 aromatic carbocycles. The Hall–Kier alpha value is 1.14. The summed E-state index contributed by atoms with van der Waals surface area (Å²) in [4.78, 5) is 27.4. The van der Waals surface area contributed by atoms with E-state index in [0.717, 1.165) is 0 Å². The third kappa shape index (κ3) is 222. The van der Waals surface area contributed by atoms with Gasteiger partial charge in [0, 0.05) is 19.6 Å². The molecule has 0 spiro atoms. The van der Waals surface area contributed by atoms with Crippen LogP contribution < -0.4 is 32.5 Å². The monoisotopic (exact) mass is 537 g/mol. The Kier molecular flexibility index (Phi) is 265. The molecule has 6 N–H and O–H groups in total. The van der Waals surface area contributed by atoms with Gasteiger partial charge in [-0.15, -0.1) is 99.3 Å². The van der Waals surface area contributed by atoms with Crippen molar-refractivity contribution in [1.82, 2.24) is 0 Å². The van der Waals surface area contributed by atoms with Gasteiger partial charge in [0.05, 0.1) is 17.9 Å². The molecule has 154 valence electrons. The number of nitrogens with two attached hydrogens (primary N) is 3. The van der Waals surface area contributed by atoms with Crippen LogP contribution in [0.1, 0.15) is 0 Å². The van der Waals surface area contributed by atoms with E-state index in [-0.39, 0.29) is 136 Å². The molecule has 0 aliphatic rings. The minimum atomic E-state index is -1.22. The smallest absolute Gasteiger partial charge is 0.549 e. The van der Waals surface area contributed by atoms with E-state index in [1.807, 2.05) is 0 Å². The van der Waals surface area contributed by atoms with Crippen LogP contribution >= 0.6 is 99.3 Å². The molecule has 0 saturated heterocycles. The summed E-state index contributed by atoms with van der Waals surface area (Å²) in [5.41, 5.74) is 13.5. The number of rotatable bonds is 3. The third-order valence-corrected chi connectivity index (χ3v) is 0.500. The van der Waals surface area contributed by atoms with E-state index in [0.29, 0.717) is 0 Å². The average Bonchev–Trinajstić information content (AvgIpc) is 2.19. The van der Waals surface area contributed by atoms with E-state index in [1.54, 1.807) is 0 Å². The fourth-order valence-electron chi connectivity index (χ4n) is 0. The summed E-state index contributed by atoms with van der Waals surface area (Å²) in [5.74, 6) is -3.65. The normalized spacial score (nSPS) is 4.62. The van der Waals surface area contributed by atoms with Crippen molar-refractivity contribution < 1.29 is 29.7 Å². The van der Waals surface area contributed by atoms with Crippen molar-refractivity contribution in [2.24, 2.45) is 17.2 Å². The fourth-order valence-corrected chi connectivity index (χ4v) is 0. The molecule has 0 rings (SSSR count). The number of carboxylic acid groups (broad SMARTS) is 3. The van der Waals surface area contributed by atoms with Crippen LogP contribution in [0, 0.1) is 0 Å². The maximum absolute atomic E-state index is 9.13. The molecular formula is C6H20AlCl8N3O6. The van der Waals surface area contributed by atoms with E-state index >= 15 is 0 Å². The van der Waals surface area contributed by atoms with E-state index in [9.17, 15) is 0 Å². The molecule has 0 atom stereocenters. The topological polar surface area (TPSA) is 198 Å². The molecule has 0 fully saturated rings. The quantitative estimate of drug-likeness (QED) is 0.299. The number of carboxylic acids is 3. The number of aliphatic carboxylic acids is 3. The van der Waals surface area contributed by atoms with Gasteiger partial charge in [-0.1, -0.05) is 0 Å². The molecule has 0 aromatic rings. The van der Waals surface area contributed by atoms with Crippen molar-refractivity contribution in [3.05, 3.63) is 0 Å². The molecule has 0 saturated carbocycles. The fraction of sp³-hybridized carbons (Fsp3) is 0.500. The summed E-state index contributed by atoms with van der Waals surface area (Å²) in [6, 6.07) is 0. The van der Waals surface area contributed by atoms with Crippen molar-refractivity contribution in [1.29, 1.82) is 0 Å².